The third-order valence-electron chi connectivity index (χ3n) is 3.13. The second-order valence-corrected chi connectivity index (χ2v) is 6.15. The molecule has 1 nitrogen and oxygen atoms in total. The highest BCUT2D eigenvalue weighted by Gasteiger charge is 2.17. The molecule has 1 N–H and O–H groups in total. The SMILES string of the molecule is CNC(C)c1c(F)cccc1SC(C)C(C)C. The maximum absolute atomic E-state index is 13.9. The van der Waals surface area contributed by atoms with E-state index in [0.717, 1.165) is 10.5 Å². The molecule has 0 spiro atoms. The molecule has 0 bridgehead atoms. The van der Waals surface area contributed by atoms with Gasteiger partial charge in [0.2, 0.25) is 0 Å². The zero-order valence-electron chi connectivity index (χ0n) is 11.3. The first-order valence-electron chi connectivity index (χ1n) is 6.09. The molecule has 2 unspecified atom stereocenters. The summed E-state index contributed by atoms with van der Waals surface area (Å²) >= 11 is 1.76. The third kappa shape index (κ3) is 3.71. The minimum Gasteiger partial charge on any atom is -0.313 e. The average Bonchev–Trinajstić information content (AvgIpc) is 2.28. The Hall–Kier alpha value is -0.540. The Bertz CT molecular complexity index is 365. The van der Waals surface area contributed by atoms with Crippen LogP contribution >= 0.6 is 11.8 Å². The van der Waals surface area contributed by atoms with Crippen molar-refractivity contribution in [3.63, 3.8) is 0 Å². The van der Waals surface area contributed by atoms with Gasteiger partial charge in [0.1, 0.15) is 5.82 Å². The number of nitrogens with one attached hydrogen (secondary N) is 1. The predicted molar refractivity (Wildman–Crippen MR) is 74.0 cm³/mol. The summed E-state index contributed by atoms with van der Waals surface area (Å²) in [6.07, 6.45) is 0. The molecule has 0 saturated heterocycles. The molecule has 96 valence electrons. The first-order valence-corrected chi connectivity index (χ1v) is 6.97. The van der Waals surface area contributed by atoms with E-state index < -0.39 is 0 Å². The van der Waals surface area contributed by atoms with E-state index in [4.69, 9.17) is 0 Å². The average molecular weight is 255 g/mol. The van der Waals surface area contributed by atoms with Crippen molar-refractivity contribution in [3.8, 4) is 0 Å². The number of halogens is 1. The van der Waals surface area contributed by atoms with Gasteiger partial charge in [-0.3, -0.25) is 0 Å². The van der Waals surface area contributed by atoms with E-state index >= 15 is 0 Å². The maximum Gasteiger partial charge on any atom is 0.129 e. The van der Waals surface area contributed by atoms with Gasteiger partial charge >= 0.3 is 0 Å². The molecule has 0 aromatic heterocycles. The van der Waals surface area contributed by atoms with Crippen LogP contribution in [0.3, 0.4) is 0 Å². The molecule has 2 atom stereocenters. The van der Waals surface area contributed by atoms with Gasteiger partial charge in [0, 0.05) is 21.8 Å². The van der Waals surface area contributed by atoms with Gasteiger partial charge in [0.25, 0.3) is 0 Å². The molecule has 0 heterocycles. The lowest BCUT2D eigenvalue weighted by molar-refractivity contribution is 0.551. The fourth-order valence-electron chi connectivity index (χ4n) is 1.52. The topological polar surface area (TPSA) is 12.0 Å². The monoisotopic (exact) mass is 255 g/mol. The maximum atomic E-state index is 13.9. The normalized spacial score (nSPS) is 15.0. The Morgan fingerprint density at radius 1 is 1.18 bits per heavy atom. The highest BCUT2D eigenvalue weighted by atomic mass is 32.2. The summed E-state index contributed by atoms with van der Waals surface area (Å²) in [5, 5.41) is 3.60. The van der Waals surface area contributed by atoms with Crippen LogP contribution in [-0.4, -0.2) is 12.3 Å². The van der Waals surface area contributed by atoms with Gasteiger partial charge in [-0.15, -0.1) is 11.8 Å². The molecule has 0 aliphatic rings. The van der Waals surface area contributed by atoms with Crippen LogP contribution in [0.1, 0.15) is 39.3 Å². The molecule has 3 heteroatoms. The van der Waals surface area contributed by atoms with Crippen molar-refractivity contribution >= 4 is 11.8 Å². The zero-order chi connectivity index (χ0) is 13.0. The molecule has 0 aliphatic heterocycles. The van der Waals surface area contributed by atoms with Crippen molar-refractivity contribution in [2.24, 2.45) is 5.92 Å². The minimum absolute atomic E-state index is 0.0399. The van der Waals surface area contributed by atoms with Crippen molar-refractivity contribution in [2.45, 2.75) is 43.9 Å². The standard InChI is InChI=1S/C14H22FNS/c1-9(2)11(4)17-13-8-6-7-12(15)14(13)10(3)16-5/h6-11,16H,1-5H3. The number of thioether (sulfide) groups is 1. The van der Waals surface area contributed by atoms with Gasteiger partial charge in [0.05, 0.1) is 0 Å². The second kappa shape index (κ2) is 6.41. The smallest absolute Gasteiger partial charge is 0.129 e. The molecule has 0 saturated carbocycles. The highest BCUT2D eigenvalue weighted by molar-refractivity contribution is 8.00. The predicted octanol–water partition coefficient (Wildman–Crippen LogP) is 4.24. The second-order valence-electron chi connectivity index (χ2n) is 4.73. The van der Waals surface area contributed by atoms with E-state index in [-0.39, 0.29) is 11.9 Å². The Morgan fingerprint density at radius 3 is 2.35 bits per heavy atom. The van der Waals surface area contributed by atoms with Gasteiger partial charge in [-0.2, -0.15) is 0 Å². The lowest BCUT2D eigenvalue weighted by Gasteiger charge is -2.20. The first kappa shape index (κ1) is 14.5. The van der Waals surface area contributed by atoms with Crippen LogP contribution in [0.25, 0.3) is 0 Å². The van der Waals surface area contributed by atoms with E-state index in [0.29, 0.717) is 11.2 Å². The number of hydrogen-bond donors (Lipinski definition) is 1. The van der Waals surface area contributed by atoms with Crippen LogP contribution in [0, 0.1) is 11.7 Å². The molecule has 0 fully saturated rings. The number of rotatable bonds is 5. The highest BCUT2D eigenvalue weighted by Crippen LogP contribution is 2.34. The van der Waals surface area contributed by atoms with Crippen LogP contribution in [-0.2, 0) is 0 Å². The number of benzene rings is 1. The Kier molecular flexibility index (Phi) is 5.47. The Balaban J connectivity index is 3.02. The van der Waals surface area contributed by atoms with E-state index in [9.17, 15) is 4.39 Å². The Labute approximate surface area is 108 Å². The lowest BCUT2D eigenvalue weighted by atomic mass is 10.1. The summed E-state index contributed by atoms with van der Waals surface area (Å²) < 4.78 is 13.9. The molecular weight excluding hydrogens is 233 g/mol. The summed E-state index contributed by atoms with van der Waals surface area (Å²) in [5.41, 5.74) is 0.785. The molecule has 1 aromatic rings. The molecule has 0 aliphatic carbocycles. The van der Waals surface area contributed by atoms with Crippen LogP contribution in [0.4, 0.5) is 4.39 Å². The van der Waals surface area contributed by atoms with Crippen LogP contribution < -0.4 is 5.32 Å². The molecule has 0 radical (unpaired) electrons. The van der Waals surface area contributed by atoms with Crippen molar-refractivity contribution in [1.29, 1.82) is 0 Å². The third-order valence-corrected chi connectivity index (χ3v) is 4.66. The fraction of sp³-hybridized carbons (Fsp3) is 0.571. The zero-order valence-corrected chi connectivity index (χ0v) is 12.1. The summed E-state index contributed by atoms with van der Waals surface area (Å²) in [6.45, 7) is 8.56. The van der Waals surface area contributed by atoms with Gasteiger partial charge in [-0.05, 0) is 32.0 Å². The molecule has 1 rings (SSSR count). The van der Waals surface area contributed by atoms with Crippen molar-refractivity contribution < 1.29 is 4.39 Å². The van der Waals surface area contributed by atoms with E-state index in [1.54, 1.807) is 17.8 Å². The van der Waals surface area contributed by atoms with E-state index in [1.807, 2.05) is 20.0 Å². The van der Waals surface area contributed by atoms with Crippen molar-refractivity contribution in [2.75, 3.05) is 7.05 Å². The molecule has 1 aromatic carbocycles. The quantitative estimate of drug-likeness (QED) is 0.790. The fourth-order valence-corrected chi connectivity index (χ4v) is 2.75. The van der Waals surface area contributed by atoms with Gasteiger partial charge in [0.15, 0.2) is 0 Å². The van der Waals surface area contributed by atoms with Crippen molar-refractivity contribution in [3.05, 3.63) is 29.6 Å². The molecular formula is C14H22FNS. The molecule has 0 amide bonds. The first-order chi connectivity index (χ1) is 7.97. The van der Waals surface area contributed by atoms with Gasteiger partial charge in [-0.25, -0.2) is 4.39 Å². The van der Waals surface area contributed by atoms with Crippen molar-refractivity contribution in [1.82, 2.24) is 5.32 Å². The van der Waals surface area contributed by atoms with Gasteiger partial charge < -0.3 is 5.32 Å². The van der Waals surface area contributed by atoms with Gasteiger partial charge in [-0.1, -0.05) is 26.8 Å². The van der Waals surface area contributed by atoms with Crippen LogP contribution in [0.15, 0.2) is 23.1 Å². The summed E-state index contributed by atoms with van der Waals surface area (Å²) in [6, 6.07) is 5.37. The van der Waals surface area contributed by atoms with Crippen LogP contribution in [0.5, 0.6) is 0 Å². The Morgan fingerprint density at radius 2 is 1.82 bits per heavy atom. The largest absolute Gasteiger partial charge is 0.313 e. The molecule has 17 heavy (non-hydrogen) atoms. The summed E-state index contributed by atoms with van der Waals surface area (Å²) in [5.74, 6) is 0.466. The lowest BCUT2D eigenvalue weighted by Crippen LogP contribution is -2.16. The summed E-state index contributed by atoms with van der Waals surface area (Å²) in [7, 11) is 1.86. The summed E-state index contributed by atoms with van der Waals surface area (Å²) in [4.78, 5) is 1.05. The van der Waals surface area contributed by atoms with E-state index in [1.165, 1.54) is 6.07 Å². The minimum atomic E-state index is -0.118. The number of hydrogen-bond acceptors (Lipinski definition) is 2. The van der Waals surface area contributed by atoms with Crippen LogP contribution in [0.2, 0.25) is 0 Å². The van der Waals surface area contributed by atoms with E-state index in [2.05, 4.69) is 26.1 Å².